The molecule has 0 aliphatic carbocycles. The Kier molecular flexibility index (Phi) is 1.96. The minimum Gasteiger partial charge on any atom is -0.478 e. The second-order valence-corrected chi connectivity index (χ2v) is 3.24. The van der Waals surface area contributed by atoms with Crippen molar-refractivity contribution in [2.75, 3.05) is 0 Å². The number of aromatic nitrogens is 2. The van der Waals surface area contributed by atoms with Crippen LogP contribution < -0.4 is 4.57 Å². The highest BCUT2D eigenvalue weighted by Gasteiger charge is 2.14. The third-order valence-electron chi connectivity index (χ3n) is 2.19. The van der Waals surface area contributed by atoms with Gasteiger partial charge in [-0.1, -0.05) is 12.1 Å². The van der Waals surface area contributed by atoms with Crippen molar-refractivity contribution in [2.24, 2.45) is 7.05 Å². The molecule has 0 bridgehead atoms. The highest BCUT2D eigenvalue weighted by molar-refractivity contribution is 5.74. The Morgan fingerprint density at radius 1 is 1.50 bits per heavy atom. The SMILES string of the molecule is C[n+]1cn(CC(=O)O)c2ccccc21. The Balaban J connectivity index is 2.60. The molecule has 0 unspecified atom stereocenters. The first-order valence-electron chi connectivity index (χ1n) is 4.34. The fourth-order valence-corrected chi connectivity index (χ4v) is 1.61. The summed E-state index contributed by atoms with van der Waals surface area (Å²) in [5.74, 6) is -0.827. The second-order valence-electron chi connectivity index (χ2n) is 3.24. The van der Waals surface area contributed by atoms with Crippen molar-refractivity contribution >= 4 is 17.0 Å². The highest BCUT2D eigenvalue weighted by atomic mass is 16.4. The van der Waals surface area contributed by atoms with Crippen LogP contribution in [0.2, 0.25) is 0 Å². The molecular formula is C10H11N2O2+. The number of aliphatic carboxylic acids is 1. The lowest BCUT2D eigenvalue weighted by atomic mass is 10.3. The Morgan fingerprint density at radius 2 is 2.21 bits per heavy atom. The van der Waals surface area contributed by atoms with Crippen LogP contribution in [0.25, 0.3) is 11.0 Å². The van der Waals surface area contributed by atoms with Gasteiger partial charge in [0.25, 0.3) is 0 Å². The van der Waals surface area contributed by atoms with E-state index in [9.17, 15) is 4.79 Å². The molecular weight excluding hydrogens is 180 g/mol. The Bertz CT molecular complexity index is 488. The van der Waals surface area contributed by atoms with E-state index in [1.54, 1.807) is 10.9 Å². The van der Waals surface area contributed by atoms with Crippen LogP contribution >= 0.6 is 0 Å². The van der Waals surface area contributed by atoms with Gasteiger partial charge in [-0.15, -0.1) is 0 Å². The zero-order chi connectivity index (χ0) is 10.1. The maximum atomic E-state index is 10.6. The van der Waals surface area contributed by atoms with Gasteiger partial charge in [-0.05, 0) is 12.1 Å². The zero-order valence-electron chi connectivity index (χ0n) is 7.84. The van der Waals surface area contributed by atoms with E-state index in [0.717, 1.165) is 11.0 Å². The number of nitrogens with zero attached hydrogens (tertiary/aromatic N) is 2. The molecule has 0 radical (unpaired) electrons. The smallest absolute Gasteiger partial charge is 0.346 e. The third kappa shape index (κ3) is 1.35. The fraction of sp³-hybridized carbons (Fsp3) is 0.200. The summed E-state index contributed by atoms with van der Waals surface area (Å²) in [6, 6.07) is 7.72. The molecule has 4 nitrogen and oxygen atoms in total. The summed E-state index contributed by atoms with van der Waals surface area (Å²) in [6.45, 7) is 0.00134. The number of fused-ring (bicyclic) bond motifs is 1. The molecule has 14 heavy (non-hydrogen) atoms. The van der Waals surface area contributed by atoms with Gasteiger partial charge in [-0.25, -0.2) is 13.9 Å². The molecule has 0 aliphatic rings. The minimum atomic E-state index is -0.827. The van der Waals surface area contributed by atoms with Gasteiger partial charge < -0.3 is 5.11 Å². The van der Waals surface area contributed by atoms with Gasteiger partial charge in [-0.3, -0.25) is 0 Å². The molecule has 2 rings (SSSR count). The second kappa shape index (κ2) is 3.14. The highest BCUT2D eigenvalue weighted by Crippen LogP contribution is 2.09. The summed E-state index contributed by atoms with van der Waals surface area (Å²) < 4.78 is 3.63. The molecule has 0 amide bonds. The summed E-state index contributed by atoms with van der Waals surface area (Å²) in [5, 5.41) is 8.71. The standard InChI is InChI=1S/C10H10N2O2/c1-11-7-12(6-10(13)14)9-5-3-2-4-8(9)11/h2-5,7H,6H2,1H3/p+1. The maximum absolute atomic E-state index is 10.6. The van der Waals surface area contributed by atoms with E-state index >= 15 is 0 Å². The molecule has 1 aromatic carbocycles. The van der Waals surface area contributed by atoms with E-state index in [4.69, 9.17) is 5.11 Å². The lowest BCUT2D eigenvalue weighted by molar-refractivity contribution is -0.645. The number of hydrogen-bond acceptors (Lipinski definition) is 1. The first-order chi connectivity index (χ1) is 6.68. The lowest BCUT2D eigenvalue weighted by Gasteiger charge is -1.90. The van der Waals surface area contributed by atoms with Gasteiger partial charge in [0.1, 0.15) is 0 Å². The predicted octanol–water partition coefficient (Wildman–Crippen LogP) is 0.550. The molecule has 1 heterocycles. The topological polar surface area (TPSA) is 46.1 Å². The number of para-hydroxylation sites is 2. The average molecular weight is 191 g/mol. The normalized spacial score (nSPS) is 10.6. The summed E-state index contributed by atoms with van der Waals surface area (Å²) >= 11 is 0. The van der Waals surface area contributed by atoms with Gasteiger partial charge in [0.2, 0.25) is 6.33 Å². The largest absolute Gasteiger partial charge is 0.478 e. The Morgan fingerprint density at radius 3 is 2.93 bits per heavy atom. The van der Waals surface area contributed by atoms with Crippen LogP contribution in [0.5, 0.6) is 0 Å². The van der Waals surface area contributed by atoms with Crippen LogP contribution in [0.1, 0.15) is 0 Å². The van der Waals surface area contributed by atoms with E-state index < -0.39 is 5.97 Å². The Labute approximate surface area is 81.0 Å². The number of carboxylic acids is 1. The monoisotopic (exact) mass is 191 g/mol. The number of imidazole rings is 1. The Hall–Kier alpha value is -1.84. The van der Waals surface area contributed by atoms with Crippen LogP contribution in [0.15, 0.2) is 30.6 Å². The first-order valence-corrected chi connectivity index (χ1v) is 4.34. The maximum Gasteiger partial charge on any atom is 0.346 e. The predicted molar refractivity (Wildman–Crippen MR) is 50.7 cm³/mol. The summed E-state index contributed by atoms with van der Waals surface area (Å²) in [4.78, 5) is 10.6. The average Bonchev–Trinajstić information content (AvgIpc) is 2.44. The van der Waals surface area contributed by atoms with Gasteiger partial charge in [0, 0.05) is 0 Å². The molecule has 0 saturated heterocycles. The number of carboxylic acid groups (broad SMARTS) is 1. The van der Waals surface area contributed by atoms with Crippen LogP contribution in [0, 0.1) is 0 Å². The molecule has 0 atom stereocenters. The fourth-order valence-electron chi connectivity index (χ4n) is 1.61. The van der Waals surface area contributed by atoms with E-state index in [1.807, 2.05) is 35.9 Å². The number of aryl methyl sites for hydroxylation is 1. The zero-order valence-corrected chi connectivity index (χ0v) is 7.84. The van der Waals surface area contributed by atoms with Crippen LogP contribution in [0.3, 0.4) is 0 Å². The van der Waals surface area contributed by atoms with E-state index in [0.29, 0.717) is 0 Å². The van der Waals surface area contributed by atoms with Crippen LogP contribution in [-0.2, 0) is 18.4 Å². The molecule has 2 aromatic rings. The molecule has 72 valence electrons. The van der Waals surface area contributed by atoms with Crippen molar-refractivity contribution in [2.45, 2.75) is 6.54 Å². The molecule has 4 heteroatoms. The molecule has 0 saturated carbocycles. The van der Waals surface area contributed by atoms with Crippen LogP contribution in [-0.4, -0.2) is 15.6 Å². The number of rotatable bonds is 2. The molecule has 0 aliphatic heterocycles. The van der Waals surface area contributed by atoms with Crippen molar-refractivity contribution < 1.29 is 14.5 Å². The van der Waals surface area contributed by atoms with E-state index in [1.165, 1.54) is 0 Å². The minimum absolute atomic E-state index is 0.00134. The summed E-state index contributed by atoms with van der Waals surface area (Å²) in [5.41, 5.74) is 1.98. The van der Waals surface area contributed by atoms with Gasteiger partial charge >= 0.3 is 5.97 Å². The van der Waals surface area contributed by atoms with Crippen molar-refractivity contribution in [1.29, 1.82) is 0 Å². The lowest BCUT2D eigenvalue weighted by Crippen LogP contribution is -2.25. The quantitative estimate of drug-likeness (QED) is 0.704. The van der Waals surface area contributed by atoms with Gasteiger partial charge in [0.05, 0.1) is 7.05 Å². The van der Waals surface area contributed by atoms with Crippen molar-refractivity contribution in [1.82, 2.24) is 4.57 Å². The van der Waals surface area contributed by atoms with E-state index in [2.05, 4.69) is 0 Å². The van der Waals surface area contributed by atoms with Crippen molar-refractivity contribution in [3.63, 3.8) is 0 Å². The van der Waals surface area contributed by atoms with Crippen molar-refractivity contribution in [3.8, 4) is 0 Å². The molecule has 0 fully saturated rings. The van der Waals surface area contributed by atoms with Crippen molar-refractivity contribution in [3.05, 3.63) is 30.6 Å². The number of benzene rings is 1. The first kappa shape index (κ1) is 8.74. The number of carbonyl (C=O) groups is 1. The number of hydrogen-bond donors (Lipinski definition) is 1. The van der Waals surface area contributed by atoms with Gasteiger partial charge in [-0.2, -0.15) is 0 Å². The van der Waals surface area contributed by atoms with E-state index in [-0.39, 0.29) is 6.54 Å². The van der Waals surface area contributed by atoms with Gasteiger partial charge in [0.15, 0.2) is 17.6 Å². The molecule has 0 spiro atoms. The third-order valence-corrected chi connectivity index (χ3v) is 2.19. The summed E-state index contributed by atoms with van der Waals surface area (Å²) in [7, 11) is 1.90. The summed E-state index contributed by atoms with van der Waals surface area (Å²) in [6.07, 6.45) is 1.79. The molecule has 1 N–H and O–H groups in total. The van der Waals surface area contributed by atoms with Crippen LogP contribution in [0.4, 0.5) is 0 Å². The molecule has 1 aromatic heterocycles.